The first-order valence-electron chi connectivity index (χ1n) is 7.04. The van der Waals surface area contributed by atoms with E-state index in [1.165, 1.54) is 0 Å². The van der Waals surface area contributed by atoms with Gasteiger partial charge in [0, 0.05) is 17.4 Å². The van der Waals surface area contributed by atoms with Crippen LogP contribution in [0.2, 0.25) is 0 Å². The fourth-order valence-electron chi connectivity index (χ4n) is 2.28. The second-order valence-corrected chi connectivity index (χ2v) is 5.56. The number of benzene rings is 1. The number of amidine groups is 1. The van der Waals surface area contributed by atoms with Crippen molar-refractivity contribution in [2.75, 3.05) is 11.4 Å². The highest BCUT2D eigenvalue weighted by Gasteiger charge is 2.26. The lowest BCUT2D eigenvalue weighted by molar-refractivity contribution is -0.191. The third-order valence-corrected chi connectivity index (χ3v) is 3.75. The van der Waals surface area contributed by atoms with Gasteiger partial charge in [0.15, 0.2) is 5.75 Å². The van der Waals surface area contributed by atoms with E-state index in [0.29, 0.717) is 16.7 Å². The molecule has 0 fully saturated rings. The van der Waals surface area contributed by atoms with Crippen molar-refractivity contribution in [1.29, 1.82) is 0 Å². The molecule has 0 spiro atoms. The van der Waals surface area contributed by atoms with Gasteiger partial charge in [-0.3, -0.25) is 4.99 Å². The second-order valence-electron chi connectivity index (χ2n) is 4.65. The Balaban J connectivity index is 0.000000816. The Morgan fingerprint density at radius 1 is 1.43 bits per heavy atom. The molecular weight excluding hydrogens is 374 g/mol. The largest absolute Gasteiger partial charge is 0.433 e. The molecule has 1 aliphatic rings. The summed E-state index contributed by atoms with van der Waals surface area (Å²) in [5, 5.41) is 0. The van der Waals surface area contributed by atoms with Crippen LogP contribution in [-0.2, 0) is 9.59 Å². The Morgan fingerprint density at radius 3 is 2.61 bits per heavy atom. The molecule has 0 bridgehead atoms. The summed E-state index contributed by atoms with van der Waals surface area (Å²) in [7, 11) is 0. The zero-order valence-electron chi connectivity index (χ0n) is 12.8. The van der Waals surface area contributed by atoms with Crippen molar-refractivity contribution in [2.24, 2.45) is 4.99 Å². The molecule has 1 aromatic carbocycles. The number of rotatable bonds is 5. The SMILES string of the molecule is CCC1=NC(CC)CN1c1ccc(Br)cc1OC(F)F.O=C=O. The smallest absolute Gasteiger partial charge is 0.387 e. The molecule has 126 valence electrons. The van der Waals surface area contributed by atoms with E-state index in [4.69, 9.17) is 9.59 Å². The van der Waals surface area contributed by atoms with E-state index in [1.807, 2.05) is 17.9 Å². The summed E-state index contributed by atoms with van der Waals surface area (Å²) >= 11 is 3.28. The fraction of sp³-hybridized carbons (Fsp3) is 0.467. The molecule has 1 aliphatic heterocycles. The highest BCUT2D eigenvalue weighted by Crippen LogP contribution is 2.35. The van der Waals surface area contributed by atoms with Crippen LogP contribution in [0.25, 0.3) is 0 Å². The van der Waals surface area contributed by atoms with Crippen LogP contribution in [0.1, 0.15) is 26.7 Å². The predicted molar refractivity (Wildman–Crippen MR) is 84.9 cm³/mol. The summed E-state index contributed by atoms with van der Waals surface area (Å²) in [5.74, 6) is 1.09. The molecule has 1 heterocycles. The van der Waals surface area contributed by atoms with Gasteiger partial charge in [0.1, 0.15) is 5.84 Å². The summed E-state index contributed by atoms with van der Waals surface area (Å²) in [6, 6.07) is 5.38. The van der Waals surface area contributed by atoms with E-state index in [-0.39, 0.29) is 17.9 Å². The van der Waals surface area contributed by atoms with Crippen LogP contribution >= 0.6 is 15.9 Å². The highest BCUT2D eigenvalue weighted by atomic mass is 79.9. The number of hydrogen-bond acceptors (Lipinski definition) is 5. The summed E-state index contributed by atoms with van der Waals surface area (Å²) in [6.45, 7) is 1.95. The quantitative estimate of drug-likeness (QED) is 0.765. The van der Waals surface area contributed by atoms with Gasteiger partial charge in [-0.05, 0) is 24.6 Å². The molecule has 1 unspecified atom stereocenters. The van der Waals surface area contributed by atoms with Crippen LogP contribution < -0.4 is 9.64 Å². The van der Waals surface area contributed by atoms with E-state index >= 15 is 0 Å². The first-order valence-corrected chi connectivity index (χ1v) is 7.83. The molecule has 0 saturated carbocycles. The fourth-order valence-corrected chi connectivity index (χ4v) is 2.62. The van der Waals surface area contributed by atoms with Gasteiger partial charge in [0.25, 0.3) is 0 Å². The summed E-state index contributed by atoms with van der Waals surface area (Å²) in [4.78, 5) is 22.8. The zero-order chi connectivity index (χ0) is 17.4. The highest BCUT2D eigenvalue weighted by molar-refractivity contribution is 9.10. The van der Waals surface area contributed by atoms with Crippen molar-refractivity contribution in [1.82, 2.24) is 0 Å². The third-order valence-electron chi connectivity index (χ3n) is 3.25. The lowest BCUT2D eigenvalue weighted by atomic mass is 10.2. The standard InChI is InChI=1S/C14H17BrF2N2O.CO2/c1-3-10-8-19(13(4-2)18-10)11-6-5-9(15)7-12(11)20-14(16)17;2-1-3/h5-7,10,14H,3-4,8H2,1-2H3;. The van der Waals surface area contributed by atoms with Crippen molar-refractivity contribution in [3.05, 3.63) is 22.7 Å². The zero-order valence-corrected chi connectivity index (χ0v) is 14.3. The molecule has 23 heavy (non-hydrogen) atoms. The Kier molecular flexibility index (Phi) is 7.85. The van der Waals surface area contributed by atoms with E-state index in [2.05, 4.69) is 32.6 Å². The minimum atomic E-state index is -2.84. The topological polar surface area (TPSA) is 59.0 Å². The van der Waals surface area contributed by atoms with Crippen LogP contribution in [0.15, 0.2) is 27.7 Å². The minimum absolute atomic E-state index is 0.173. The molecular formula is C15H17BrF2N2O3. The average Bonchev–Trinajstić information content (AvgIpc) is 2.91. The van der Waals surface area contributed by atoms with E-state index in [0.717, 1.165) is 18.7 Å². The molecule has 0 aromatic heterocycles. The van der Waals surface area contributed by atoms with Gasteiger partial charge >= 0.3 is 12.8 Å². The lowest BCUT2D eigenvalue weighted by Crippen LogP contribution is -2.29. The van der Waals surface area contributed by atoms with Crippen molar-refractivity contribution >= 4 is 33.6 Å². The Bertz CT molecular complexity index is 590. The predicted octanol–water partition coefficient (Wildman–Crippen LogP) is 3.87. The number of carbonyl (C=O) groups excluding carboxylic acids is 2. The molecule has 1 atom stereocenters. The number of hydrogen-bond donors (Lipinski definition) is 0. The molecule has 0 aliphatic carbocycles. The monoisotopic (exact) mass is 390 g/mol. The molecule has 0 amide bonds. The molecule has 0 saturated heterocycles. The Hall–Kier alpha value is -1.79. The molecule has 5 nitrogen and oxygen atoms in total. The summed E-state index contributed by atoms with van der Waals surface area (Å²) in [5.41, 5.74) is 0.644. The van der Waals surface area contributed by atoms with E-state index in [9.17, 15) is 8.78 Å². The second kappa shape index (κ2) is 9.37. The van der Waals surface area contributed by atoms with Gasteiger partial charge in [0.2, 0.25) is 0 Å². The van der Waals surface area contributed by atoms with Crippen LogP contribution in [0.4, 0.5) is 14.5 Å². The maximum atomic E-state index is 12.6. The minimum Gasteiger partial charge on any atom is -0.433 e. The number of aliphatic imine (C=N–C) groups is 1. The van der Waals surface area contributed by atoms with Crippen molar-refractivity contribution in [3.63, 3.8) is 0 Å². The first kappa shape index (κ1) is 19.3. The molecule has 8 heteroatoms. The van der Waals surface area contributed by atoms with Gasteiger partial charge in [-0.2, -0.15) is 18.4 Å². The average molecular weight is 391 g/mol. The van der Waals surface area contributed by atoms with Crippen LogP contribution in [-0.4, -0.2) is 31.2 Å². The number of ether oxygens (including phenoxy) is 1. The van der Waals surface area contributed by atoms with Crippen molar-refractivity contribution in [3.8, 4) is 5.75 Å². The Morgan fingerprint density at radius 2 is 2.09 bits per heavy atom. The number of anilines is 1. The number of nitrogens with zero attached hydrogens (tertiary/aromatic N) is 2. The van der Waals surface area contributed by atoms with Crippen molar-refractivity contribution < 1.29 is 23.1 Å². The summed E-state index contributed by atoms with van der Waals surface area (Å²) in [6.07, 6.45) is 1.95. The molecule has 1 aromatic rings. The maximum Gasteiger partial charge on any atom is 0.387 e. The molecule has 0 N–H and O–H groups in total. The summed E-state index contributed by atoms with van der Waals surface area (Å²) < 4.78 is 30.5. The van der Waals surface area contributed by atoms with E-state index < -0.39 is 6.61 Å². The maximum absolute atomic E-state index is 12.6. The lowest BCUT2D eigenvalue weighted by Gasteiger charge is -2.23. The van der Waals surface area contributed by atoms with Gasteiger partial charge in [0.05, 0.1) is 11.7 Å². The van der Waals surface area contributed by atoms with Gasteiger partial charge < -0.3 is 9.64 Å². The van der Waals surface area contributed by atoms with Gasteiger partial charge in [-0.25, -0.2) is 0 Å². The van der Waals surface area contributed by atoms with Gasteiger partial charge in [-0.1, -0.05) is 29.8 Å². The Labute approximate surface area is 141 Å². The van der Waals surface area contributed by atoms with Gasteiger partial charge in [-0.15, -0.1) is 0 Å². The number of halogens is 3. The third kappa shape index (κ3) is 5.41. The van der Waals surface area contributed by atoms with Crippen LogP contribution in [0.5, 0.6) is 5.75 Å². The van der Waals surface area contributed by atoms with Crippen LogP contribution in [0.3, 0.4) is 0 Å². The van der Waals surface area contributed by atoms with Crippen molar-refractivity contribution in [2.45, 2.75) is 39.3 Å². The molecule has 0 radical (unpaired) electrons. The van der Waals surface area contributed by atoms with Crippen LogP contribution in [0, 0.1) is 0 Å². The molecule has 2 rings (SSSR count). The number of alkyl halides is 2. The first-order chi connectivity index (χ1) is 11.0. The normalized spacial score (nSPS) is 16.5. The van der Waals surface area contributed by atoms with E-state index in [1.54, 1.807) is 12.1 Å².